The third kappa shape index (κ3) is 5.92. The molecule has 0 bridgehead atoms. The number of carbonyl (C=O) groups is 1. The van der Waals surface area contributed by atoms with Gasteiger partial charge in [0.1, 0.15) is 5.75 Å². The zero-order valence-corrected chi connectivity index (χ0v) is 20.3. The summed E-state index contributed by atoms with van der Waals surface area (Å²) in [5.41, 5.74) is 5.16. The van der Waals surface area contributed by atoms with Gasteiger partial charge in [0, 0.05) is 0 Å². The van der Waals surface area contributed by atoms with Crippen molar-refractivity contribution >= 4 is 23.9 Å². The van der Waals surface area contributed by atoms with E-state index in [-0.39, 0.29) is 28.6 Å². The Balaban J connectivity index is 1.63. The lowest BCUT2D eigenvalue weighted by Gasteiger charge is -2.18. The Morgan fingerprint density at radius 1 is 1.27 bits per heavy atom. The highest BCUT2D eigenvalue weighted by molar-refractivity contribution is 7.99. The number of nitrogens with one attached hydrogen (secondary N) is 2. The Morgan fingerprint density at radius 3 is 2.64 bits per heavy atom. The molecule has 0 atom stereocenters. The van der Waals surface area contributed by atoms with Crippen molar-refractivity contribution in [2.24, 2.45) is 5.10 Å². The number of ether oxygens (including phenoxy) is 1. The molecule has 3 rings (SSSR count). The second kappa shape index (κ2) is 10.5. The van der Waals surface area contributed by atoms with E-state index in [0.29, 0.717) is 17.3 Å². The minimum atomic E-state index is -0.298. The number of rotatable bonds is 8. The monoisotopic (exact) mass is 467 g/mol. The summed E-state index contributed by atoms with van der Waals surface area (Å²) >= 11 is 1.31. The van der Waals surface area contributed by atoms with Gasteiger partial charge in [0.25, 0.3) is 11.7 Å². The number of aromatic nitrogens is 3. The van der Waals surface area contributed by atoms with Crippen molar-refractivity contribution in [2.45, 2.75) is 44.8 Å². The minimum Gasteiger partial charge on any atom is -0.870 e. The van der Waals surface area contributed by atoms with Gasteiger partial charge in [-0.15, -0.1) is 5.10 Å². The number of carbonyl (C=O) groups excluding carboxylic acids is 1. The van der Waals surface area contributed by atoms with Gasteiger partial charge in [-0.25, -0.2) is 9.99 Å². The molecule has 9 heteroatoms. The smallest absolute Gasteiger partial charge is 0.337 e. The third-order valence-corrected chi connectivity index (χ3v) is 6.03. The number of para-hydroxylation sites is 1. The average Bonchev–Trinajstić information content (AvgIpc) is 3.21. The van der Waals surface area contributed by atoms with Gasteiger partial charge in [0.15, 0.2) is 0 Å². The first-order valence-corrected chi connectivity index (χ1v) is 11.6. The van der Waals surface area contributed by atoms with Gasteiger partial charge in [-0.2, -0.15) is 5.10 Å². The van der Waals surface area contributed by atoms with E-state index in [2.05, 4.69) is 65.8 Å². The molecule has 0 spiro atoms. The zero-order chi connectivity index (χ0) is 24.0. The van der Waals surface area contributed by atoms with E-state index in [1.54, 1.807) is 18.2 Å². The zero-order valence-electron chi connectivity index (χ0n) is 19.5. The van der Waals surface area contributed by atoms with Crippen LogP contribution in [0.25, 0.3) is 11.4 Å². The number of aromatic amines is 1. The quantitative estimate of drug-likeness (QED) is 0.229. The van der Waals surface area contributed by atoms with Crippen molar-refractivity contribution in [3.05, 3.63) is 53.6 Å². The molecule has 0 saturated heterocycles. The summed E-state index contributed by atoms with van der Waals surface area (Å²) in [6.45, 7) is 9.29. The number of amides is 1. The van der Waals surface area contributed by atoms with E-state index in [4.69, 9.17) is 4.74 Å². The molecule has 0 saturated carbocycles. The van der Waals surface area contributed by atoms with Gasteiger partial charge in [0.2, 0.25) is 0 Å². The molecular formula is C24H29N5O3S. The highest BCUT2D eigenvalue weighted by Gasteiger charge is 2.22. The van der Waals surface area contributed by atoms with Crippen molar-refractivity contribution in [1.82, 2.24) is 15.6 Å². The Labute approximate surface area is 198 Å². The Kier molecular flexibility index (Phi) is 7.75. The fourth-order valence-electron chi connectivity index (χ4n) is 3.20. The lowest BCUT2D eigenvalue weighted by molar-refractivity contribution is -0.719. The predicted octanol–water partition coefficient (Wildman–Crippen LogP) is 3.01. The molecule has 174 valence electrons. The van der Waals surface area contributed by atoms with Crippen molar-refractivity contribution < 1.29 is 19.2 Å². The number of hydrogen-bond acceptors (Lipinski definition) is 6. The van der Waals surface area contributed by atoms with E-state index in [0.717, 1.165) is 11.4 Å². The van der Waals surface area contributed by atoms with Crippen LogP contribution >= 0.6 is 11.8 Å². The predicted molar refractivity (Wildman–Crippen MR) is 127 cm³/mol. The Hall–Kier alpha value is -3.33. The summed E-state index contributed by atoms with van der Waals surface area (Å²) in [5.74, 6) is 0.670. The van der Waals surface area contributed by atoms with E-state index >= 15 is 0 Å². The van der Waals surface area contributed by atoms with Gasteiger partial charge >= 0.3 is 5.16 Å². The number of nitrogens with zero attached hydrogens (tertiary/aromatic N) is 3. The van der Waals surface area contributed by atoms with Gasteiger partial charge < -0.3 is 9.84 Å². The standard InChI is InChI=1S/C24H29N5O3S/c1-6-29-22(16-10-12-18(13-11-16)24(2,3)4)27-28-23(29)33-15-20(30)26-25-14-17-8-7-9-19(32-5)21(17)31/h7-14H,6,15H2,1-5H3,(H2,25,26,30,31). The summed E-state index contributed by atoms with van der Waals surface area (Å²) in [5, 5.41) is 24.2. The van der Waals surface area contributed by atoms with Crippen molar-refractivity contribution in [3.63, 3.8) is 0 Å². The molecule has 0 unspecified atom stereocenters. The lowest BCUT2D eigenvalue weighted by atomic mass is 9.87. The average molecular weight is 468 g/mol. The summed E-state index contributed by atoms with van der Waals surface area (Å²) in [6, 6.07) is 13.3. The number of hydrogen-bond donors (Lipinski definition) is 2. The molecule has 8 nitrogen and oxygen atoms in total. The molecule has 33 heavy (non-hydrogen) atoms. The molecule has 0 aliphatic heterocycles. The van der Waals surface area contributed by atoms with E-state index in [1.165, 1.54) is 30.6 Å². The Morgan fingerprint density at radius 2 is 2.00 bits per heavy atom. The van der Waals surface area contributed by atoms with E-state index in [1.807, 2.05) is 11.5 Å². The molecular weight excluding hydrogens is 438 g/mol. The number of hydrazone groups is 1. The summed E-state index contributed by atoms with van der Waals surface area (Å²) in [6.07, 6.45) is 1.31. The maximum atomic E-state index is 12.2. The Bertz CT molecular complexity index is 1130. The fraction of sp³-hybridized carbons (Fsp3) is 0.333. The van der Waals surface area contributed by atoms with Crippen LogP contribution in [-0.4, -0.2) is 35.2 Å². The van der Waals surface area contributed by atoms with Crippen molar-refractivity contribution in [3.8, 4) is 22.9 Å². The number of thioether (sulfide) groups is 1. The maximum Gasteiger partial charge on any atom is 0.337 e. The van der Waals surface area contributed by atoms with Crippen LogP contribution in [0.4, 0.5) is 0 Å². The second-order valence-electron chi connectivity index (χ2n) is 8.39. The van der Waals surface area contributed by atoms with Crippen LogP contribution in [0.15, 0.2) is 52.7 Å². The SMILES string of the molecule is CC[n+]1c(SCC(=O)NN=Cc2cccc(OC)c2[O-])n[nH]c1-c1ccc(C(C)(C)C)cc1. The lowest BCUT2D eigenvalue weighted by Crippen LogP contribution is -2.36. The molecule has 0 aliphatic carbocycles. The fourth-order valence-corrected chi connectivity index (χ4v) is 4.01. The maximum absolute atomic E-state index is 12.2. The number of methoxy groups -OCH3 is 1. The van der Waals surface area contributed by atoms with Crippen LogP contribution in [0.1, 0.15) is 38.8 Å². The first kappa shape index (κ1) is 24.3. The molecule has 1 aromatic heterocycles. The van der Waals surface area contributed by atoms with E-state index < -0.39 is 0 Å². The molecule has 0 fully saturated rings. The van der Waals surface area contributed by atoms with Gasteiger partial charge in [-0.3, -0.25) is 4.79 Å². The van der Waals surface area contributed by atoms with Crippen molar-refractivity contribution in [2.75, 3.05) is 12.9 Å². The topological polar surface area (TPSA) is 106 Å². The van der Waals surface area contributed by atoms with Crippen LogP contribution in [-0.2, 0) is 16.8 Å². The molecule has 3 aromatic rings. The van der Waals surface area contributed by atoms with Gasteiger partial charge in [-0.1, -0.05) is 50.8 Å². The highest BCUT2D eigenvalue weighted by atomic mass is 32.2. The number of H-pyrrole nitrogens is 1. The molecule has 0 aliphatic rings. The molecule has 1 heterocycles. The summed E-state index contributed by atoms with van der Waals surface area (Å²) in [7, 11) is 1.43. The molecule has 2 aromatic carbocycles. The van der Waals surface area contributed by atoms with Crippen molar-refractivity contribution in [1.29, 1.82) is 0 Å². The van der Waals surface area contributed by atoms with Crippen LogP contribution in [0.5, 0.6) is 11.5 Å². The van der Waals surface area contributed by atoms with Gasteiger partial charge in [0.05, 0.1) is 36.3 Å². The highest BCUT2D eigenvalue weighted by Crippen LogP contribution is 2.26. The first-order chi connectivity index (χ1) is 15.7. The van der Waals surface area contributed by atoms with Gasteiger partial charge in [-0.05, 0) is 53.4 Å². The number of benzene rings is 2. The first-order valence-electron chi connectivity index (χ1n) is 10.6. The normalized spacial score (nSPS) is 11.7. The third-order valence-electron chi connectivity index (χ3n) is 5.05. The minimum absolute atomic E-state index is 0.0892. The van der Waals surface area contributed by atoms with Crippen LogP contribution in [0, 0.1) is 0 Å². The summed E-state index contributed by atoms with van der Waals surface area (Å²) < 4.78 is 7.03. The largest absolute Gasteiger partial charge is 0.870 e. The van der Waals surface area contributed by atoms with Crippen LogP contribution in [0.2, 0.25) is 0 Å². The summed E-state index contributed by atoms with van der Waals surface area (Å²) in [4.78, 5) is 12.2. The second-order valence-corrected chi connectivity index (χ2v) is 9.33. The molecule has 2 N–H and O–H groups in total. The molecule has 1 amide bonds. The van der Waals surface area contributed by atoms with E-state index in [9.17, 15) is 9.90 Å². The molecule has 0 radical (unpaired) electrons. The van der Waals surface area contributed by atoms with Crippen LogP contribution < -0.4 is 19.8 Å². The van der Waals surface area contributed by atoms with Crippen LogP contribution in [0.3, 0.4) is 0 Å².